The van der Waals surface area contributed by atoms with Crippen LogP contribution in [0.3, 0.4) is 0 Å². The third kappa shape index (κ3) is 3.54. The number of esters is 1. The molecule has 1 fully saturated rings. The van der Waals surface area contributed by atoms with Crippen LogP contribution in [0.2, 0.25) is 0 Å². The summed E-state index contributed by atoms with van der Waals surface area (Å²) in [6.07, 6.45) is 4.37. The number of hydrogen-bond acceptors (Lipinski definition) is 5. The highest BCUT2D eigenvalue weighted by Crippen LogP contribution is 2.03. The van der Waals surface area contributed by atoms with E-state index in [0.29, 0.717) is 0 Å². The Morgan fingerprint density at radius 1 is 1.50 bits per heavy atom. The maximum atomic E-state index is 11.2. The quantitative estimate of drug-likeness (QED) is 0.688. The van der Waals surface area contributed by atoms with Crippen LogP contribution in [0.15, 0.2) is 12.4 Å². The molecule has 100 valence electrons. The van der Waals surface area contributed by atoms with Crippen molar-refractivity contribution in [2.24, 2.45) is 0 Å². The lowest BCUT2D eigenvalue weighted by Gasteiger charge is -2.26. The minimum absolute atomic E-state index is 0.231. The van der Waals surface area contributed by atoms with Crippen LogP contribution < -0.4 is 0 Å². The first kappa shape index (κ1) is 13.0. The molecule has 1 aliphatic heterocycles. The fourth-order valence-electron chi connectivity index (χ4n) is 2.00. The number of morpholine rings is 1. The molecule has 1 aromatic heterocycles. The van der Waals surface area contributed by atoms with Gasteiger partial charge in [-0.25, -0.2) is 4.98 Å². The van der Waals surface area contributed by atoms with Crippen molar-refractivity contribution in [1.29, 1.82) is 0 Å². The van der Waals surface area contributed by atoms with Crippen LogP contribution in [0.5, 0.6) is 0 Å². The molecule has 6 heteroatoms. The highest BCUT2D eigenvalue weighted by atomic mass is 16.5. The first-order valence-corrected chi connectivity index (χ1v) is 6.16. The molecule has 1 saturated heterocycles. The van der Waals surface area contributed by atoms with Crippen LogP contribution in [-0.4, -0.2) is 60.4 Å². The molecule has 1 aromatic rings. The van der Waals surface area contributed by atoms with Crippen LogP contribution in [0.1, 0.15) is 5.82 Å². The van der Waals surface area contributed by atoms with Gasteiger partial charge in [-0.1, -0.05) is 0 Å². The van der Waals surface area contributed by atoms with Gasteiger partial charge in [-0.2, -0.15) is 0 Å². The Bertz CT molecular complexity index is 386. The van der Waals surface area contributed by atoms with Crippen molar-refractivity contribution in [3.63, 3.8) is 0 Å². The van der Waals surface area contributed by atoms with Crippen molar-refractivity contribution >= 4 is 5.97 Å². The summed E-state index contributed by atoms with van der Waals surface area (Å²) in [5.41, 5.74) is 0. The van der Waals surface area contributed by atoms with E-state index in [4.69, 9.17) is 4.74 Å². The zero-order chi connectivity index (χ0) is 12.8. The first-order valence-electron chi connectivity index (χ1n) is 6.16. The SMILES string of the molecule is COC(=O)Cn1ccnc1CCN1CCOCC1. The molecule has 18 heavy (non-hydrogen) atoms. The van der Waals surface area contributed by atoms with Gasteiger partial charge in [0.15, 0.2) is 0 Å². The second-order valence-electron chi connectivity index (χ2n) is 4.25. The molecular formula is C12H19N3O3. The maximum Gasteiger partial charge on any atom is 0.325 e. The number of carbonyl (C=O) groups excluding carboxylic acids is 1. The van der Waals surface area contributed by atoms with Crippen LogP contribution in [-0.2, 0) is 27.2 Å². The first-order chi connectivity index (χ1) is 8.79. The number of carbonyl (C=O) groups is 1. The Balaban J connectivity index is 1.85. The van der Waals surface area contributed by atoms with Crippen molar-refractivity contribution in [3.8, 4) is 0 Å². The summed E-state index contributed by atoms with van der Waals surface area (Å²) in [7, 11) is 1.40. The van der Waals surface area contributed by atoms with Gasteiger partial charge in [-0.15, -0.1) is 0 Å². The molecule has 0 atom stereocenters. The van der Waals surface area contributed by atoms with Crippen molar-refractivity contribution in [1.82, 2.24) is 14.5 Å². The molecule has 0 amide bonds. The fraction of sp³-hybridized carbons (Fsp3) is 0.667. The molecule has 6 nitrogen and oxygen atoms in total. The van der Waals surface area contributed by atoms with E-state index in [1.807, 2.05) is 10.8 Å². The van der Waals surface area contributed by atoms with Crippen LogP contribution in [0, 0.1) is 0 Å². The summed E-state index contributed by atoms with van der Waals surface area (Å²) >= 11 is 0. The Morgan fingerprint density at radius 2 is 2.28 bits per heavy atom. The Kier molecular flexibility index (Phi) is 4.72. The number of rotatable bonds is 5. The maximum absolute atomic E-state index is 11.2. The van der Waals surface area contributed by atoms with Crippen molar-refractivity contribution in [3.05, 3.63) is 18.2 Å². The number of nitrogens with zero attached hydrogens (tertiary/aromatic N) is 3. The molecule has 1 aliphatic rings. The topological polar surface area (TPSA) is 56.6 Å². The minimum atomic E-state index is -0.249. The lowest BCUT2D eigenvalue weighted by atomic mass is 10.3. The normalized spacial score (nSPS) is 16.7. The average Bonchev–Trinajstić information content (AvgIpc) is 2.84. The third-order valence-electron chi connectivity index (χ3n) is 3.08. The minimum Gasteiger partial charge on any atom is -0.468 e. The third-order valence-corrected chi connectivity index (χ3v) is 3.08. The Morgan fingerprint density at radius 3 is 3.00 bits per heavy atom. The molecule has 0 spiro atoms. The highest BCUT2D eigenvalue weighted by Gasteiger charge is 2.12. The van der Waals surface area contributed by atoms with Gasteiger partial charge >= 0.3 is 5.97 Å². The van der Waals surface area contributed by atoms with E-state index in [2.05, 4.69) is 14.6 Å². The second-order valence-corrected chi connectivity index (χ2v) is 4.25. The van der Waals surface area contributed by atoms with E-state index in [1.165, 1.54) is 7.11 Å². The molecule has 0 N–H and O–H groups in total. The molecule has 0 unspecified atom stereocenters. The number of methoxy groups -OCH3 is 1. The van der Waals surface area contributed by atoms with Gasteiger partial charge in [-0.3, -0.25) is 9.69 Å². The summed E-state index contributed by atoms with van der Waals surface area (Å²) in [4.78, 5) is 17.9. The van der Waals surface area contributed by atoms with Gasteiger partial charge in [0.25, 0.3) is 0 Å². The molecule has 0 aromatic carbocycles. The van der Waals surface area contributed by atoms with Crippen LogP contribution in [0.25, 0.3) is 0 Å². The van der Waals surface area contributed by atoms with Gasteiger partial charge < -0.3 is 14.0 Å². The lowest BCUT2D eigenvalue weighted by molar-refractivity contribution is -0.141. The van der Waals surface area contributed by atoms with Gasteiger partial charge in [-0.05, 0) is 0 Å². The number of ether oxygens (including phenoxy) is 2. The van der Waals surface area contributed by atoms with Crippen LogP contribution in [0.4, 0.5) is 0 Å². The van der Waals surface area contributed by atoms with E-state index in [9.17, 15) is 4.79 Å². The summed E-state index contributed by atoms with van der Waals surface area (Å²) in [5, 5.41) is 0. The largest absolute Gasteiger partial charge is 0.468 e. The summed E-state index contributed by atoms with van der Waals surface area (Å²) in [5.74, 6) is 0.674. The fourth-order valence-corrected chi connectivity index (χ4v) is 2.00. The van der Waals surface area contributed by atoms with Gasteiger partial charge in [0.05, 0.1) is 20.3 Å². The average molecular weight is 253 g/mol. The molecule has 0 aliphatic carbocycles. The summed E-state index contributed by atoms with van der Waals surface area (Å²) in [6, 6.07) is 0. The number of hydrogen-bond donors (Lipinski definition) is 0. The van der Waals surface area contributed by atoms with Crippen molar-refractivity contribution in [2.75, 3.05) is 40.0 Å². The summed E-state index contributed by atoms with van der Waals surface area (Å²) in [6.45, 7) is 4.72. The predicted octanol–water partition coefficient (Wildman–Crippen LogP) is -0.0692. The highest BCUT2D eigenvalue weighted by molar-refractivity contribution is 5.69. The van der Waals surface area contributed by atoms with E-state index < -0.39 is 0 Å². The zero-order valence-corrected chi connectivity index (χ0v) is 10.7. The van der Waals surface area contributed by atoms with Gasteiger partial charge in [0.2, 0.25) is 0 Å². The zero-order valence-electron chi connectivity index (χ0n) is 10.7. The molecule has 0 bridgehead atoms. The monoisotopic (exact) mass is 253 g/mol. The van der Waals surface area contributed by atoms with E-state index in [-0.39, 0.29) is 12.5 Å². The second kappa shape index (κ2) is 6.51. The Labute approximate surface area is 106 Å². The number of aromatic nitrogens is 2. The molecule has 2 heterocycles. The van der Waals surface area contributed by atoms with Crippen LogP contribution >= 0.6 is 0 Å². The standard InChI is InChI=1S/C12H19N3O3/c1-17-12(16)10-15-5-3-13-11(15)2-4-14-6-8-18-9-7-14/h3,5H,2,4,6-10H2,1H3. The van der Waals surface area contributed by atoms with E-state index in [1.54, 1.807) is 6.20 Å². The summed E-state index contributed by atoms with van der Waals surface area (Å²) < 4.78 is 11.8. The Hall–Kier alpha value is -1.40. The van der Waals surface area contributed by atoms with Crippen molar-refractivity contribution < 1.29 is 14.3 Å². The van der Waals surface area contributed by atoms with E-state index in [0.717, 1.165) is 45.1 Å². The molecular weight excluding hydrogens is 234 g/mol. The smallest absolute Gasteiger partial charge is 0.325 e. The van der Waals surface area contributed by atoms with E-state index >= 15 is 0 Å². The van der Waals surface area contributed by atoms with Gasteiger partial charge in [0, 0.05) is 38.4 Å². The van der Waals surface area contributed by atoms with Gasteiger partial charge in [0.1, 0.15) is 12.4 Å². The molecule has 0 radical (unpaired) electrons. The molecule has 2 rings (SSSR count). The molecule has 0 saturated carbocycles. The number of imidazole rings is 1. The van der Waals surface area contributed by atoms with Crippen molar-refractivity contribution in [2.45, 2.75) is 13.0 Å². The predicted molar refractivity (Wildman–Crippen MR) is 65.2 cm³/mol. The lowest BCUT2D eigenvalue weighted by Crippen LogP contribution is -2.37.